The van der Waals surface area contributed by atoms with Gasteiger partial charge in [-0.2, -0.15) is 0 Å². The molecule has 0 spiro atoms. The number of hydrogen-bond donors (Lipinski definition) is 2. The van der Waals surface area contributed by atoms with Gasteiger partial charge in [-0.05, 0) is 91.1 Å². The van der Waals surface area contributed by atoms with Gasteiger partial charge in [-0.1, -0.05) is 12.1 Å². The lowest BCUT2D eigenvalue weighted by Crippen LogP contribution is -2.06. The number of hydrogen-bond acceptors (Lipinski definition) is 3. The molecule has 4 heteroatoms. The molecule has 2 nitrogen and oxygen atoms in total. The molecule has 0 radical (unpaired) electrons. The fourth-order valence-electron chi connectivity index (χ4n) is 3.81. The summed E-state index contributed by atoms with van der Waals surface area (Å²) in [5.41, 5.74) is 2.42. The molecule has 0 aliphatic carbocycles. The number of benzene rings is 1. The molecule has 0 saturated carbocycles. The van der Waals surface area contributed by atoms with Gasteiger partial charge >= 0.3 is 0 Å². The van der Waals surface area contributed by atoms with Crippen LogP contribution in [0.15, 0.2) is 59.4 Å². The number of rotatable bonds is 9. The number of aromatic hydroxyl groups is 1. The van der Waals surface area contributed by atoms with Gasteiger partial charge in [0.05, 0.1) is 0 Å². The van der Waals surface area contributed by atoms with Crippen molar-refractivity contribution < 1.29 is 5.11 Å². The van der Waals surface area contributed by atoms with Crippen LogP contribution < -0.4 is 0 Å². The highest BCUT2D eigenvalue weighted by Gasteiger charge is 2.13. The molecule has 0 aliphatic heterocycles. The summed E-state index contributed by atoms with van der Waals surface area (Å²) in [4.78, 5) is 6.33. The molecule has 2 N–H and O–H groups in total. The van der Waals surface area contributed by atoms with E-state index >= 15 is 0 Å². The minimum atomic E-state index is 0.342. The van der Waals surface area contributed by atoms with E-state index in [1.807, 2.05) is 34.8 Å². The Morgan fingerprint density at radius 1 is 0.926 bits per heavy atom. The van der Waals surface area contributed by atoms with Gasteiger partial charge in [-0.15, -0.1) is 22.7 Å². The molecular formula is C23H25NOS2. The van der Waals surface area contributed by atoms with Crippen LogP contribution in [0.25, 0.3) is 10.9 Å². The molecule has 0 amide bonds. The van der Waals surface area contributed by atoms with Crippen molar-refractivity contribution in [3.8, 4) is 5.75 Å². The summed E-state index contributed by atoms with van der Waals surface area (Å²) in [6.07, 6.45) is 9.24. The Balaban J connectivity index is 1.40. The predicted molar refractivity (Wildman–Crippen MR) is 117 cm³/mol. The van der Waals surface area contributed by atoms with Crippen LogP contribution in [0, 0.1) is 5.92 Å². The van der Waals surface area contributed by atoms with Crippen LogP contribution in [-0.2, 0) is 19.3 Å². The summed E-state index contributed by atoms with van der Waals surface area (Å²) in [6.45, 7) is 0. The van der Waals surface area contributed by atoms with Crippen LogP contribution in [0.3, 0.4) is 0 Å². The molecule has 0 saturated heterocycles. The zero-order chi connectivity index (χ0) is 18.5. The fourth-order valence-corrected chi connectivity index (χ4v) is 5.39. The van der Waals surface area contributed by atoms with Crippen LogP contribution in [0.2, 0.25) is 0 Å². The van der Waals surface area contributed by atoms with Gasteiger partial charge in [0, 0.05) is 26.9 Å². The molecule has 4 aromatic rings. The number of phenolic OH excluding ortho intramolecular Hbond substituents is 1. The van der Waals surface area contributed by atoms with Crippen molar-refractivity contribution >= 4 is 33.6 Å². The summed E-state index contributed by atoms with van der Waals surface area (Å²) in [5.74, 6) is 1.04. The minimum Gasteiger partial charge on any atom is -0.508 e. The maximum atomic E-state index is 9.82. The average Bonchev–Trinajstić information content (AvgIpc) is 3.42. The van der Waals surface area contributed by atoms with Gasteiger partial charge in [0.15, 0.2) is 0 Å². The van der Waals surface area contributed by atoms with Gasteiger partial charge < -0.3 is 10.1 Å². The van der Waals surface area contributed by atoms with E-state index in [1.54, 1.807) is 6.07 Å². The van der Waals surface area contributed by atoms with Crippen LogP contribution in [-0.4, -0.2) is 10.1 Å². The molecule has 1 aromatic carbocycles. The number of phenols is 1. The predicted octanol–water partition coefficient (Wildman–Crippen LogP) is 6.81. The van der Waals surface area contributed by atoms with Gasteiger partial charge in [-0.25, -0.2) is 0 Å². The highest BCUT2D eigenvalue weighted by molar-refractivity contribution is 7.10. The standard InChI is InChI=1S/C23H25NOS2/c25-19-10-11-23-22(15-19)18(16-24-23)9-8-17(14-21-7-3-13-27-21)4-1-5-20-6-2-12-26-20/h2-3,6-7,10-13,15-17,24-25H,1,4-5,8-9,14H2. The Morgan fingerprint density at radius 3 is 2.52 bits per heavy atom. The SMILES string of the molecule is Oc1ccc2[nH]cc(CCC(CCCc3cccs3)Cc3cccs3)c2c1. The summed E-state index contributed by atoms with van der Waals surface area (Å²) in [5, 5.41) is 15.3. The zero-order valence-electron chi connectivity index (χ0n) is 15.4. The first-order valence-electron chi connectivity index (χ1n) is 9.61. The van der Waals surface area contributed by atoms with Crippen molar-refractivity contribution in [2.45, 2.75) is 38.5 Å². The van der Waals surface area contributed by atoms with E-state index in [4.69, 9.17) is 0 Å². The Labute approximate surface area is 168 Å². The number of H-pyrrole nitrogens is 1. The molecule has 140 valence electrons. The smallest absolute Gasteiger partial charge is 0.116 e. The van der Waals surface area contributed by atoms with E-state index in [-0.39, 0.29) is 0 Å². The summed E-state index contributed by atoms with van der Waals surface area (Å²) >= 11 is 3.74. The summed E-state index contributed by atoms with van der Waals surface area (Å²) in [6, 6.07) is 14.4. The summed E-state index contributed by atoms with van der Waals surface area (Å²) < 4.78 is 0. The topological polar surface area (TPSA) is 36.0 Å². The second-order valence-corrected chi connectivity index (χ2v) is 9.27. The molecule has 27 heavy (non-hydrogen) atoms. The Kier molecular flexibility index (Phi) is 5.95. The van der Waals surface area contributed by atoms with Crippen LogP contribution in [0.5, 0.6) is 5.75 Å². The Morgan fingerprint density at radius 2 is 1.74 bits per heavy atom. The first-order valence-corrected chi connectivity index (χ1v) is 11.4. The van der Waals surface area contributed by atoms with E-state index in [2.05, 4.69) is 46.2 Å². The van der Waals surface area contributed by atoms with E-state index in [0.717, 1.165) is 17.3 Å². The van der Waals surface area contributed by atoms with Gasteiger partial charge in [0.25, 0.3) is 0 Å². The molecule has 1 atom stereocenters. The fraction of sp³-hybridized carbons (Fsp3) is 0.304. The molecule has 0 fully saturated rings. The van der Waals surface area contributed by atoms with E-state index in [0.29, 0.717) is 11.7 Å². The van der Waals surface area contributed by atoms with Crippen molar-refractivity contribution in [3.05, 3.63) is 74.7 Å². The third-order valence-corrected chi connectivity index (χ3v) is 7.09. The van der Waals surface area contributed by atoms with Crippen LogP contribution in [0.4, 0.5) is 0 Å². The maximum Gasteiger partial charge on any atom is 0.116 e. The van der Waals surface area contributed by atoms with Crippen molar-refractivity contribution in [2.24, 2.45) is 5.92 Å². The molecule has 0 bridgehead atoms. The molecule has 4 rings (SSSR count). The highest BCUT2D eigenvalue weighted by atomic mass is 32.1. The number of aromatic amines is 1. The average molecular weight is 396 g/mol. The van der Waals surface area contributed by atoms with Crippen LogP contribution in [0.1, 0.15) is 34.6 Å². The monoisotopic (exact) mass is 395 g/mol. The van der Waals surface area contributed by atoms with Crippen molar-refractivity contribution in [3.63, 3.8) is 0 Å². The van der Waals surface area contributed by atoms with Crippen molar-refractivity contribution in [1.82, 2.24) is 4.98 Å². The third-order valence-electron chi connectivity index (χ3n) is 5.26. The highest BCUT2D eigenvalue weighted by Crippen LogP contribution is 2.28. The lowest BCUT2D eigenvalue weighted by Gasteiger charge is -2.16. The molecule has 0 aliphatic rings. The second kappa shape index (κ2) is 8.77. The molecule has 3 heterocycles. The summed E-state index contributed by atoms with van der Waals surface area (Å²) in [7, 11) is 0. The second-order valence-electron chi connectivity index (χ2n) is 7.20. The molecule has 3 aromatic heterocycles. The van der Waals surface area contributed by atoms with Crippen molar-refractivity contribution in [1.29, 1.82) is 0 Å². The zero-order valence-corrected chi connectivity index (χ0v) is 17.0. The normalized spacial score (nSPS) is 12.6. The lowest BCUT2D eigenvalue weighted by molar-refractivity contribution is 0.438. The largest absolute Gasteiger partial charge is 0.508 e. The first kappa shape index (κ1) is 18.3. The van der Waals surface area contributed by atoms with E-state index in [9.17, 15) is 5.11 Å². The molecule has 1 unspecified atom stereocenters. The quantitative estimate of drug-likeness (QED) is 0.321. The maximum absolute atomic E-state index is 9.82. The lowest BCUT2D eigenvalue weighted by atomic mass is 9.91. The number of aryl methyl sites for hydroxylation is 2. The van der Waals surface area contributed by atoms with E-state index in [1.165, 1.54) is 47.4 Å². The van der Waals surface area contributed by atoms with Gasteiger partial charge in [-0.3, -0.25) is 0 Å². The molecular weight excluding hydrogens is 370 g/mol. The number of fused-ring (bicyclic) bond motifs is 1. The van der Waals surface area contributed by atoms with Gasteiger partial charge in [0.1, 0.15) is 5.75 Å². The Bertz CT molecular complexity index is 954. The van der Waals surface area contributed by atoms with Crippen LogP contribution >= 0.6 is 22.7 Å². The first-order chi connectivity index (χ1) is 13.3. The van der Waals surface area contributed by atoms with Gasteiger partial charge in [0.2, 0.25) is 0 Å². The number of aromatic nitrogens is 1. The Hall–Kier alpha value is -2.04. The third kappa shape index (κ3) is 4.82. The van der Waals surface area contributed by atoms with E-state index < -0.39 is 0 Å². The number of nitrogens with one attached hydrogen (secondary N) is 1. The minimum absolute atomic E-state index is 0.342. The van der Waals surface area contributed by atoms with Crippen molar-refractivity contribution in [2.75, 3.05) is 0 Å². The number of thiophene rings is 2.